The van der Waals surface area contributed by atoms with E-state index in [9.17, 15) is 9.59 Å². The van der Waals surface area contributed by atoms with E-state index >= 15 is 0 Å². The van der Waals surface area contributed by atoms with Crippen LogP contribution in [0.3, 0.4) is 0 Å². The van der Waals surface area contributed by atoms with E-state index in [2.05, 4.69) is 10.3 Å². The molecule has 0 N–H and O–H groups in total. The minimum absolute atomic E-state index is 0.0463. The maximum absolute atomic E-state index is 12.8. The number of ether oxygens (including phenoxy) is 1. The highest BCUT2D eigenvalue weighted by molar-refractivity contribution is 5.97. The van der Waals surface area contributed by atoms with Crippen molar-refractivity contribution in [3.63, 3.8) is 0 Å². The number of nitrogens with zero attached hydrogens (tertiary/aromatic N) is 4. The van der Waals surface area contributed by atoms with Crippen molar-refractivity contribution in [3.8, 4) is 5.75 Å². The van der Waals surface area contributed by atoms with Crippen LogP contribution in [-0.2, 0) is 0 Å². The van der Waals surface area contributed by atoms with Crippen molar-refractivity contribution in [2.45, 2.75) is 18.9 Å². The topological polar surface area (TPSA) is 90.5 Å². The zero-order valence-corrected chi connectivity index (χ0v) is 14.3. The molecular formula is C18H18N4O4. The summed E-state index contributed by atoms with van der Waals surface area (Å²) in [6.07, 6.45) is 5.00. The second kappa shape index (κ2) is 6.62. The Kier molecular flexibility index (Phi) is 4.16. The van der Waals surface area contributed by atoms with Crippen molar-refractivity contribution < 1.29 is 13.9 Å². The molecular weight excluding hydrogens is 336 g/mol. The highest BCUT2D eigenvalue weighted by atomic mass is 16.5. The summed E-state index contributed by atoms with van der Waals surface area (Å²) < 4.78 is 12.4. The number of hydrogen-bond acceptors (Lipinski definition) is 6. The lowest BCUT2D eigenvalue weighted by Gasteiger charge is -2.31. The fraction of sp³-hybridized carbons (Fsp3) is 0.333. The van der Waals surface area contributed by atoms with Crippen LogP contribution in [0.4, 0.5) is 0 Å². The van der Waals surface area contributed by atoms with Crippen LogP contribution in [0.5, 0.6) is 5.75 Å². The number of aromatic nitrogens is 3. The molecule has 0 radical (unpaired) electrons. The number of carbonyl (C=O) groups is 1. The molecule has 0 aliphatic carbocycles. The lowest BCUT2D eigenvalue weighted by atomic mass is 10.0. The molecule has 3 heterocycles. The van der Waals surface area contributed by atoms with Crippen LogP contribution in [-0.4, -0.2) is 46.0 Å². The van der Waals surface area contributed by atoms with Gasteiger partial charge in [0.2, 0.25) is 0 Å². The van der Waals surface area contributed by atoms with Crippen LogP contribution < -0.4 is 10.4 Å². The van der Waals surface area contributed by atoms with Crippen molar-refractivity contribution in [1.82, 2.24) is 19.9 Å². The summed E-state index contributed by atoms with van der Waals surface area (Å²) in [7, 11) is 1.51. The van der Waals surface area contributed by atoms with Gasteiger partial charge in [-0.25, -0.2) is 9.48 Å². The molecule has 8 heteroatoms. The van der Waals surface area contributed by atoms with Crippen LogP contribution in [0.15, 0.2) is 45.9 Å². The second-order valence-corrected chi connectivity index (χ2v) is 6.23. The smallest absolute Gasteiger partial charge is 0.349 e. The van der Waals surface area contributed by atoms with Crippen LogP contribution in [0.2, 0.25) is 0 Å². The molecule has 1 saturated heterocycles. The number of methoxy groups -OCH3 is 1. The minimum Gasteiger partial charge on any atom is -0.493 e. The number of fused-ring (bicyclic) bond motifs is 1. The van der Waals surface area contributed by atoms with Gasteiger partial charge in [0.25, 0.3) is 5.91 Å². The van der Waals surface area contributed by atoms with Gasteiger partial charge in [0.1, 0.15) is 5.56 Å². The highest BCUT2D eigenvalue weighted by Gasteiger charge is 2.27. The summed E-state index contributed by atoms with van der Waals surface area (Å²) in [4.78, 5) is 26.8. The summed E-state index contributed by atoms with van der Waals surface area (Å²) >= 11 is 0. The number of rotatable bonds is 3. The fourth-order valence-electron chi connectivity index (χ4n) is 3.34. The molecule has 1 fully saturated rings. The van der Waals surface area contributed by atoms with Gasteiger partial charge >= 0.3 is 5.63 Å². The van der Waals surface area contributed by atoms with Crippen molar-refractivity contribution in [2.75, 3.05) is 20.2 Å². The number of para-hydroxylation sites is 1. The first kappa shape index (κ1) is 16.3. The Morgan fingerprint density at radius 3 is 2.81 bits per heavy atom. The fourth-order valence-corrected chi connectivity index (χ4v) is 3.34. The first-order chi connectivity index (χ1) is 12.7. The number of piperidine rings is 1. The molecule has 134 valence electrons. The van der Waals surface area contributed by atoms with E-state index < -0.39 is 5.63 Å². The van der Waals surface area contributed by atoms with E-state index in [1.54, 1.807) is 35.4 Å². The zero-order chi connectivity index (χ0) is 18.1. The minimum atomic E-state index is -0.648. The number of hydrogen-bond donors (Lipinski definition) is 0. The van der Waals surface area contributed by atoms with Crippen molar-refractivity contribution in [3.05, 3.63) is 52.6 Å². The van der Waals surface area contributed by atoms with Crippen molar-refractivity contribution >= 4 is 16.9 Å². The summed E-state index contributed by atoms with van der Waals surface area (Å²) in [6, 6.07) is 7.09. The molecule has 0 spiro atoms. The van der Waals surface area contributed by atoms with Crippen molar-refractivity contribution in [2.24, 2.45) is 0 Å². The molecule has 0 unspecified atom stereocenters. The predicted molar refractivity (Wildman–Crippen MR) is 93.2 cm³/mol. The second-order valence-electron chi connectivity index (χ2n) is 6.23. The van der Waals surface area contributed by atoms with Gasteiger partial charge in [-0.1, -0.05) is 17.3 Å². The average molecular weight is 354 g/mol. The van der Waals surface area contributed by atoms with Gasteiger partial charge in [0, 0.05) is 24.7 Å². The quantitative estimate of drug-likeness (QED) is 0.667. The summed E-state index contributed by atoms with van der Waals surface area (Å²) in [5.74, 6) is 0.160. The summed E-state index contributed by atoms with van der Waals surface area (Å²) in [6.45, 7) is 1.11. The monoisotopic (exact) mass is 354 g/mol. The predicted octanol–water partition coefficient (Wildman–Crippen LogP) is 1.87. The first-order valence-electron chi connectivity index (χ1n) is 8.43. The number of likely N-dealkylation sites (tertiary alicyclic amines) is 1. The van der Waals surface area contributed by atoms with Crippen LogP contribution in [0, 0.1) is 0 Å². The average Bonchev–Trinajstić information content (AvgIpc) is 3.21. The van der Waals surface area contributed by atoms with Gasteiger partial charge in [-0.15, -0.1) is 5.10 Å². The van der Waals surface area contributed by atoms with Crippen LogP contribution in [0.25, 0.3) is 11.0 Å². The number of amides is 1. The highest BCUT2D eigenvalue weighted by Crippen LogP contribution is 2.26. The van der Waals surface area contributed by atoms with Gasteiger partial charge in [-0.2, -0.15) is 0 Å². The molecule has 3 aromatic rings. The van der Waals surface area contributed by atoms with Gasteiger partial charge in [-0.05, 0) is 25.0 Å². The Bertz CT molecular complexity index is 988. The normalized spacial score (nSPS) is 15.3. The lowest BCUT2D eigenvalue weighted by molar-refractivity contribution is 0.0685. The van der Waals surface area contributed by atoms with Crippen molar-refractivity contribution in [1.29, 1.82) is 0 Å². The Morgan fingerprint density at radius 1 is 1.31 bits per heavy atom. The Morgan fingerprint density at radius 2 is 2.12 bits per heavy atom. The lowest BCUT2D eigenvalue weighted by Crippen LogP contribution is -2.40. The standard InChI is InChI=1S/C18H18N4O4/c1-25-15-4-2-3-12-11-14(18(24)26-16(12)15)17(23)21-8-5-13(6-9-21)22-10-7-19-20-22/h2-4,7,10-11,13H,5-6,8-9H2,1H3. The number of carbonyl (C=O) groups excluding carboxylic acids is 1. The molecule has 1 aliphatic heterocycles. The van der Waals surface area contributed by atoms with E-state index in [1.165, 1.54) is 7.11 Å². The first-order valence-corrected chi connectivity index (χ1v) is 8.43. The van der Waals surface area contributed by atoms with Crippen LogP contribution in [0.1, 0.15) is 29.2 Å². The molecule has 1 aromatic carbocycles. The molecule has 0 bridgehead atoms. The third-order valence-electron chi connectivity index (χ3n) is 4.74. The molecule has 0 saturated carbocycles. The zero-order valence-electron chi connectivity index (χ0n) is 14.3. The van der Waals surface area contributed by atoms with E-state index in [0.29, 0.717) is 29.8 Å². The Hall–Kier alpha value is -3.16. The third-order valence-corrected chi connectivity index (χ3v) is 4.74. The molecule has 4 rings (SSSR count). The maximum Gasteiger partial charge on any atom is 0.349 e. The molecule has 1 amide bonds. The summed E-state index contributed by atoms with van der Waals surface area (Å²) in [5.41, 5.74) is -0.253. The number of benzene rings is 1. The SMILES string of the molecule is COc1cccc2cc(C(=O)N3CCC(n4ccnn4)CC3)c(=O)oc12. The largest absolute Gasteiger partial charge is 0.493 e. The van der Waals surface area contributed by atoms with Gasteiger partial charge in [-0.3, -0.25) is 4.79 Å². The molecule has 8 nitrogen and oxygen atoms in total. The maximum atomic E-state index is 12.8. The van der Waals surface area contributed by atoms with Crippen LogP contribution >= 0.6 is 0 Å². The van der Waals surface area contributed by atoms with Gasteiger partial charge in [0.05, 0.1) is 19.3 Å². The summed E-state index contributed by atoms with van der Waals surface area (Å²) in [5, 5.41) is 8.50. The molecule has 0 atom stereocenters. The van der Waals surface area contributed by atoms with E-state index in [-0.39, 0.29) is 17.5 Å². The Labute approximate surface area is 149 Å². The van der Waals surface area contributed by atoms with Gasteiger partial charge in [0.15, 0.2) is 11.3 Å². The Balaban J connectivity index is 1.57. The third kappa shape index (κ3) is 2.83. The molecule has 1 aliphatic rings. The van der Waals surface area contributed by atoms with E-state index in [4.69, 9.17) is 9.15 Å². The van der Waals surface area contributed by atoms with E-state index in [0.717, 1.165) is 12.8 Å². The molecule has 2 aromatic heterocycles. The van der Waals surface area contributed by atoms with Gasteiger partial charge < -0.3 is 14.1 Å². The van der Waals surface area contributed by atoms with E-state index in [1.807, 2.05) is 10.9 Å². The molecule has 26 heavy (non-hydrogen) atoms.